The highest BCUT2D eigenvalue weighted by molar-refractivity contribution is 6.29. The van der Waals surface area contributed by atoms with Crippen LogP contribution in [0.1, 0.15) is 17.6 Å². The fourth-order valence-corrected chi connectivity index (χ4v) is 1.02. The monoisotopic (exact) mass is 211 g/mol. The summed E-state index contributed by atoms with van der Waals surface area (Å²) in [5.74, 6) is -1.10. The Morgan fingerprint density at radius 1 is 1.54 bits per heavy atom. The summed E-state index contributed by atoms with van der Waals surface area (Å²) in [6.45, 7) is -0.826. The first-order valence-electron chi connectivity index (χ1n) is 3.29. The third-order valence-corrected chi connectivity index (χ3v) is 1.77. The molecule has 0 fully saturated rings. The van der Waals surface area contributed by atoms with Gasteiger partial charge in [-0.1, -0.05) is 11.6 Å². The normalized spacial score (nSPS) is 10.9. The van der Waals surface area contributed by atoms with Crippen molar-refractivity contribution in [3.63, 3.8) is 0 Å². The van der Waals surface area contributed by atoms with Crippen molar-refractivity contribution in [1.82, 2.24) is 4.98 Å². The van der Waals surface area contributed by atoms with Gasteiger partial charge < -0.3 is 5.11 Å². The molecule has 0 amide bonds. The molecular formula is C7H5ClF3NO. The van der Waals surface area contributed by atoms with Crippen LogP contribution in [0.3, 0.4) is 0 Å². The zero-order valence-electron chi connectivity index (χ0n) is 6.27. The molecule has 0 aliphatic rings. The van der Waals surface area contributed by atoms with Crippen molar-refractivity contribution in [3.8, 4) is 0 Å². The molecule has 13 heavy (non-hydrogen) atoms. The molecule has 0 unspecified atom stereocenters. The first-order chi connectivity index (χ1) is 6.07. The van der Waals surface area contributed by atoms with Gasteiger partial charge in [-0.3, -0.25) is 0 Å². The van der Waals surface area contributed by atoms with Crippen LogP contribution in [0.25, 0.3) is 0 Å². The number of hydrogen-bond donors (Lipinski definition) is 1. The summed E-state index contributed by atoms with van der Waals surface area (Å²) in [6.07, 6.45) is -2.12. The van der Waals surface area contributed by atoms with Gasteiger partial charge in [0.05, 0.1) is 6.61 Å². The van der Waals surface area contributed by atoms with Crippen molar-refractivity contribution in [3.05, 3.63) is 28.3 Å². The standard InChI is InChI=1S/C7H5ClF3NO/c8-6-5(9)4(2-13)3(1-12-6)7(10)11/h1,7,13H,2H2. The Labute approximate surface area is 77.0 Å². The minimum Gasteiger partial charge on any atom is -0.392 e. The van der Waals surface area contributed by atoms with Gasteiger partial charge in [0, 0.05) is 17.3 Å². The second-order valence-corrected chi connectivity index (χ2v) is 2.61. The van der Waals surface area contributed by atoms with Gasteiger partial charge >= 0.3 is 0 Å². The van der Waals surface area contributed by atoms with Crippen LogP contribution >= 0.6 is 11.6 Å². The van der Waals surface area contributed by atoms with Gasteiger partial charge in [-0.05, 0) is 0 Å². The molecule has 6 heteroatoms. The molecule has 0 spiro atoms. The first kappa shape index (κ1) is 10.3. The lowest BCUT2D eigenvalue weighted by Crippen LogP contribution is -2.01. The average Bonchev–Trinajstić information content (AvgIpc) is 2.09. The van der Waals surface area contributed by atoms with Crippen molar-refractivity contribution in [2.75, 3.05) is 0 Å². The van der Waals surface area contributed by atoms with E-state index in [2.05, 4.69) is 4.98 Å². The maximum absolute atomic E-state index is 12.9. The largest absolute Gasteiger partial charge is 0.392 e. The number of aliphatic hydroxyl groups is 1. The van der Waals surface area contributed by atoms with Crippen molar-refractivity contribution >= 4 is 11.6 Å². The third kappa shape index (κ3) is 1.92. The molecule has 0 bridgehead atoms. The Bertz CT molecular complexity index is 319. The van der Waals surface area contributed by atoms with E-state index in [-0.39, 0.29) is 0 Å². The molecule has 0 saturated carbocycles. The number of nitrogens with zero attached hydrogens (tertiary/aromatic N) is 1. The molecule has 1 aromatic rings. The number of hydrogen-bond acceptors (Lipinski definition) is 2. The van der Waals surface area contributed by atoms with E-state index in [0.29, 0.717) is 0 Å². The van der Waals surface area contributed by atoms with E-state index >= 15 is 0 Å². The summed E-state index contributed by atoms with van der Waals surface area (Å²) in [4.78, 5) is 3.21. The number of alkyl halides is 2. The molecule has 0 aliphatic carbocycles. The number of pyridine rings is 1. The van der Waals surface area contributed by atoms with E-state index in [4.69, 9.17) is 16.7 Å². The van der Waals surface area contributed by atoms with Gasteiger partial charge in [0.1, 0.15) is 0 Å². The second-order valence-electron chi connectivity index (χ2n) is 2.26. The van der Waals surface area contributed by atoms with E-state index in [1.54, 1.807) is 0 Å². The summed E-state index contributed by atoms with van der Waals surface area (Å²) >= 11 is 5.23. The second kappa shape index (κ2) is 3.93. The minimum atomic E-state index is -2.87. The molecule has 0 aromatic carbocycles. The number of halogens is 4. The number of aromatic nitrogens is 1. The van der Waals surface area contributed by atoms with Crippen LogP contribution in [-0.2, 0) is 6.61 Å². The molecule has 72 valence electrons. The Hall–Kier alpha value is -0.810. The van der Waals surface area contributed by atoms with Crippen molar-refractivity contribution < 1.29 is 18.3 Å². The highest BCUT2D eigenvalue weighted by atomic mass is 35.5. The quantitative estimate of drug-likeness (QED) is 0.762. The molecule has 0 saturated heterocycles. The molecule has 0 aliphatic heterocycles. The summed E-state index contributed by atoms with van der Waals surface area (Å²) in [7, 11) is 0. The summed E-state index contributed by atoms with van der Waals surface area (Å²) in [5, 5.41) is 8.09. The topological polar surface area (TPSA) is 33.1 Å². The molecule has 1 heterocycles. The van der Waals surface area contributed by atoms with Gasteiger partial charge in [0.25, 0.3) is 6.43 Å². The zero-order chi connectivity index (χ0) is 10.0. The SMILES string of the molecule is OCc1c(C(F)F)cnc(Cl)c1F. The summed E-state index contributed by atoms with van der Waals surface area (Å²) < 4.78 is 37.3. The molecule has 0 radical (unpaired) electrons. The van der Waals surface area contributed by atoms with Gasteiger partial charge in [-0.25, -0.2) is 18.2 Å². The van der Waals surface area contributed by atoms with Crippen LogP contribution in [0.4, 0.5) is 13.2 Å². The highest BCUT2D eigenvalue weighted by Crippen LogP contribution is 2.26. The molecular weight excluding hydrogens is 207 g/mol. The van der Waals surface area contributed by atoms with Crippen molar-refractivity contribution in [1.29, 1.82) is 0 Å². The van der Waals surface area contributed by atoms with Crippen molar-refractivity contribution in [2.45, 2.75) is 13.0 Å². The van der Waals surface area contributed by atoms with Crippen LogP contribution in [-0.4, -0.2) is 10.1 Å². The fourth-order valence-electron chi connectivity index (χ4n) is 0.861. The smallest absolute Gasteiger partial charge is 0.265 e. The Morgan fingerprint density at radius 2 is 2.15 bits per heavy atom. The van der Waals surface area contributed by atoms with Crippen LogP contribution in [0.5, 0.6) is 0 Å². The minimum absolute atomic E-state index is 0.505. The Kier molecular flexibility index (Phi) is 3.11. The molecule has 0 atom stereocenters. The molecule has 1 aromatic heterocycles. The van der Waals surface area contributed by atoms with E-state index < -0.39 is 35.1 Å². The first-order valence-corrected chi connectivity index (χ1v) is 3.67. The van der Waals surface area contributed by atoms with E-state index in [1.807, 2.05) is 0 Å². The van der Waals surface area contributed by atoms with Crippen LogP contribution in [0.2, 0.25) is 5.15 Å². The Morgan fingerprint density at radius 3 is 2.62 bits per heavy atom. The fraction of sp³-hybridized carbons (Fsp3) is 0.286. The van der Waals surface area contributed by atoms with Crippen LogP contribution < -0.4 is 0 Å². The lowest BCUT2D eigenvalue weighted by Gasteiger charge is -2.07. The van der Waals surface area contributed by atoms with Gasteiger partial charge in [-0.2, -0.15) is 0 Å². The average molecular weight is 212 g/mol. The van der Waals surface area contributed by atoms with E-state index in [0.717, 1.165) is 6.20 Å². The Balaban J connectivity index is 3.30. The molecule has 1 rings (SSSR count). The predicted octanol–water partition coefficient (Wildman–Crippen LogP) is 2.30. The van der Waals surface area contributed by atoms with Crippen LogP contribution in [0, 0.1) is 5.82 Å². The molecule has 1 N–H and O–H groups in total. The summed E-state index contributed by atoms with van der Waals surface area (Å²) in [6, 6.07) is 0. The van der Waals surface area contributed by atoms with E-state index in [1.165, 1.54) is 0 Å². The van der Waals surface area contributed by atoms with Gasteiger partial charge in [0.2, 0.25) is 0 Å². The maximum atomic E-state index is 12.9. The van der Waals surface area contributed by atoms with Crippen molar-refractivity contribution in [2.24, 2.45) is 0 Å². The van der Waals surface area contributed by atoms with Gasteiger partial charge in [-0.15, -0.1) is 0 Å². The maximum Gasteiger partial charge on any atom is 0.265 e. The van der Waals surface area contributed by atoms with Crippen LogP contribution in [0.15, 0.2) is 6.20 Å². The van der Waals surface area contributed by atoms with Gasteiger partial charge in [0.15, 0.2) is 11.0 Å². The van der Waals surface area contributed by atoms with E-state index in [9.17, 15) is 13.2 Å². The lowest BCUT2D eigenvalue weighted by molar-refractivity contribution is 0.145. The highest BCUT2D eigenvalue weighted by Gasteiger charge is 2.18. The lowest BCUT2D eigenvalue weighted by atomic mass is 10.1. The number of rotatable bonds is 2. The molecule has 2 nitrogen and oxygen atoms in total. The summed E-state index contributed by atoms with van der Waals surface area (Å²) in [5.41, 5.74) is -1.14. The number of aliphatic hydroxyl groups excluding tert-OH is 1. The third-order valence-electron chi connectivity index (χ3n) is 1.50. The zero-order valence-corrected chi connectivity index (χ0v) is 7.02. The predicted molar refractivity (Wildman–Crippen MR) is 40.1 cm³/mol.